The molecule has 0 aromatic carbocycles. The van der Waals surface area contributed by atoms with Crippen LogP contribution in [0.1, 0.15) is 18.7 Å². The molecule has 1 heterocycles. The van der Waals surface area contributed by atoms with Gasteiger partial charge in [-0.2, -0.15) is 0 Å². The van der Waals surface area contributed by atoms with Gasteiger partial charge in [0.15, 0.2) is 0 Å². The molecule has 0 aliphatic carbocycles. The van der Waals surface area contributed by atoms with Crippen LogP contribution in [0, 0.1) is 5.92 Å². The third kappa shape index (κ3) is 3.03. The second-order valence-electron chi connectivity index (χ2n) is 3.03. The van der Waals surface area contributed by atoms with E-state index in [1.807, 2.05) is 43.5 Å². The topological polar surface area (TPSA) is 32.6 Å². The monoisotopic (exact) mass is 195 g/mol. The lowest BCUT2D eigenvalue weighted by Crippen LogP contribution is -2.02. The Bertz CT molecular complexity index is 299. The predicted molar refractivity (Wildman–Crippen MR) is 57.4 cm³/mol. The first-order valence-electron chi connectivity index (χ1n) is 4.17. The van der Waals surface area contributed by atoms with E-state index < -0.39 is 0 Å². The highest BCUT2D eigenvalue weighted by Crippen LogP contribution is 2.11. The summed E-state index contributed by atoms with van der Waals surface area (Å²) in [6.45, 7) is 3.99. The molecule has 1 aromatic rings. The molecule has 70 valence electrons. The maximum absolute atomic E-state index is 8.67. The second-order valence-corrected chi connectivity index (χ2v) is 4.01. The highest BCUT2D eigenvalue weighted by molar-refractivity contribution is 7.10. The normalized spacial score (nSPS) is 13.0. The van der Waals surface area contributed by atoms with Crippen molar-refractivity contribution in [1.29, 1.82) is 0 Å². The molecule has 0 saturated carbocycles. The van der Waals surface area contributed by atoms with E-state index in [0.29, 0.717) is 5.71 Å². The minimum Gasteiger partial charge on any atom is -0.411 e. The Morgan fingerprint density at radius 3 is 2.85 bits per heavy atom. The SMILES string of the molecule is CC(C)C(/C=C/c1cccs1)=N\O. The third-order valence-corrected chi connectivity index (χ3v) is 2.51. The molecule has 0 radical (unpaired) electrons. The number of oxime groups is 1. The van der Waals surface area contributed by atoms with Crippen LogP contribution in [-0.4, -0.2) is 10.9 Å². The lowest BCUT2D eigenvalue weighted by atomic mass is 10.1. The maximum atomic E-state index is 8.67. The summed E-state index contributed by atoms with van der Waals surface area (Å²) in [6.07, 6.45) is 3.80. The van der Waals surface area contributed by atoms with Gasteiger partial charge in [0.25, 0.3) is 0 Å². The van der Waals surface area contributed by atoms with Crippen molar-refractivity contribution >= 4 is 23.1 Å². The standard InChI is InChI=1S/C10H13NOS/c1-8(2)10(11-12)6-5-9-4-3-7-13-9/h3-8,12H,1-2H3/b6-5+,11-10-. The minimum absolute atomic E-state index is 0.251. The molecule has 0 atom stereocenters. The summed E-state index contributed by atoms with van der Waals surface area (Å²) in [5, 5.41) is 13.9. The molecule has 0 bridgehead atoms. The minimum atomic E-state index is 0.251. The third-order valence-electron chi connectivity index (χ3n) is 1.67. The van der Waals surface area contributed by atoms with Gasteiger partial charge in [0.1, 0.15) is 0 Å². The lowest BCUT2D eigenvalue weighted by molar-refractivity contribution is 0.316. The summed E-state index contributed by atoms with van der Waals surface area (Å²) < 4.78 is 0. The van der Waals surface area contributed by atoms with E-state index in [4.69, 9.17) is 5.21 Å². The largest absolute Gasteiger partial charge is 0.411 e. The summed E-state index contributed by atoms with van der Waals surface area (Å²) in [6, 6.07) is 4.02. The zero-order valence-corrected chi connectivity index (χ0v) is 8.58. The first-order valence-corrected chi connectivity index (χ1v) is 5.05. The van der Waals surface area contributed by atoms with Crippen molar-refractivity contribution in [3.63, 3.8) is 0 Å². The molecule has 0 unspecified atom stereocenters. The Kier molecular flexibility index (Phi) is 3.71. The Morgan fingerprint density at radius 2 is 2.38 bits per heavy atom. The van der Waals surface area contributed by atoms with Crippen LogP contribution in [0.25, 0.3) is 6.08 Å². The van der Waals surface area contributed by atoms with E-state index in [2.05, 4.69) is 5.16 Å². The molecule has 3 heteroatoms. The van der Waals surface area contributed by atoms with Gasteiger partial charge in [0.05, 0.1) is 5.71 Å². The predicted octanol–water partition coefficient (Wildman–Crippen LogP) is 3.25. The number of thiophene rings is 1. The van der Waals surface area contributed by atoms with Gasteiger partial charge in [-0.15, -0.1) is 11.3 Å². The van der Waals surface area contributed by atoms with Gasteiger partial charge in [-0.1, -0.05) is 25.1 Å². The summed E-state index contributed by atoms with van der Waals surface area (Å²) >= 11 is 1.66. The molecular weight excluding hydrogens is 182 g/mol. The fourth-order valence-electron chi connectivity index (χ4n) is 0.895. The average Bonchev–Trinajstić information content (AvgIpc) is 2.57. The van der Waals surface area contributed by atoms with Gasteiger partial charge in [-0.3, -0.25) is 0 Å². The Labute approximate surface area is 82.2 Å². The van der Waals surface area contributed by atoms with Crippen molar-refractivity contribution in [2.75, 3.05) is 0 Å². The van der Waals surface area contributed by atoms with Gasteiger partial charge in [-0.05, 0) is 29.5 Å². The first kappa shape index (κ1) is 9.99. The zero-order valence-electron chi connectivity index (χ0n) is 7.77. The van der Waals surface area contributed by atoms with E-state index in [1.54, 1.807) is 11.3 Å². The molecule has 13 heavy (non-hydrogen) atoms. The van der Waals surface area contributed by atoms with E-state index in [9.17, 15) is 0 Å². The Hall–Kier alpha value is -1.09. The fraction of sp³-hybridized carbons (Fsp3) is 0.300. The molecular formula is C10H13NOS. The fourth-order valence-corrected chi connectivity index (χ4v) is 1.51. The summed E-state index contributed by atoms with van der Waals surface area (Å²) in [5.74, 6) is 0.251. The average molecular weight is 195 g/mol. The first-order chi connectivity index (χ1) is 6.24. The molecule has 2 nitrogen and oxygen atoms in total. The highest BCUT2D eigenvalue weighted by atomic mass is 32.1. The highest BCUT2D eigenvalue weighted by Gasteiger charge is 2.00. The molecule has 1 aromatic heterocycles. The Morgan fingerprint density at radius 1 is 1.62 bits per heavy atom. The van der Waals surface area contributed by atoms with E-state index in [0.717, 1.165) is 0 Å². The number of nitrogens with zero attached hydrogens (tertiary/aromatic N) is 1. The molecule has 0 aliphatic heterocycles. The van der Waals surface area contributed by atoms with Crippen LogP contribution >= 0.6 is 11.3 Å². The van der Waals surface area contributed by atoms with Crippen molar-refractivity contribution in [1.82, 2.24) is 0 Å². The van der Waals surface area contributed by atoms with Gasteiger partial charge in [0, 0.05) is 4.88 Å². The van der Waals surface area contributed by atoms with Crippen LogP contribution in [0.3, 0.4) is 0 Å². The van der Waals surface area contributed by atoms with Crippen molar-refractivity contribution in [2.45, 2.75) is 13.8 Å². The Balaban J connectivity index is 2.67. The summed E-state index contributed by atoms with van der Waals surface area (Å²) in [7, 11) is 0. The molecule has 1 N–H and O–H groups in total. The van der Waals surface area contributed by atoms with E-state index in [-0.39, 0.29) is 5.92 Å². The smallest absolute Gasteiger partial charge is 0.0821 e. The maximum Gasteiger partial charge on any atom is 0.0821 e. The van der Waals surface area contributed by atoms with Crippen LogP contribution in [-0.2, 0) is 0 Å². The quantitative estimate of drug-likeness (QED) is 0.448. The summed E-state index contributed by atoms with van der Waals surface area (Å²) in [4.78, 5) is 1.17. The zero-order chi connectivity index (χ0) is 9.68. The molecule has 0 aliphatic rings. The lowest BCUT2D eigenvalue weighted by Gasteiger charge is -2.00. The molecule has 1 rings (SSSR count). The van der Waals surface area contributed by atoms with Crippen molar-refractivity contribution in [3.05, 3.63) is 28.5 Å². The van der Waals surface area contributed by atoms with Gasteiger partial charge < -0.3 is 5.21 Å². The van der Waals surface area contributed by atoms with Crippen LogP contribution in [0.5, 0.6) is 0 Å². The van der Waals surface area contributed by atoms with E-state index >= 15 is 0 Å². The number of rotatable bonds is 3. The van der Waals surface area contributed by atoms with Gasteiger partial charge in [0.2, 0.25) is 0 Å². The van der Waals surface area contributed by atoms with Crippen LogP contribution in [0.15, 0.2) is 28.7 Å². The van der Waals surface area contributed by atoms with Crippen LogP contribution in [0.2, 0.25) is 0 Å². The molecule has 0 saturated heterocycles. The van der Waals surface area contributed by atoms with Gasteiger partial charge in [-0.25, -0.2) is 0 Å². The van der Waals surface area contributed by atoms with Crippen LogP contribution < -0.4 is 0 Å². The molecule has 0 fully saturated rings. The second kappa shape index (κ2) is 4.82. The number of hydrogen-bond donors (Lipinski definition) is 1. The van der Waals surface area contributed by atoms with Crippen molar-refractivity contribution in [3.8, 4) is 0 Å². The number of allylic oxidation sites excluding steroid dienone is 1. The van der Waals surface area contributed by atoms with Crippen LogP contribution in [0.4, 0.5) is 0 Å². The molecule has 0 spiro atoms. The number of hydrogen-bond acceptors (Lipinski definition) is 3. The van der Waals surface area contributed by atoms with Crippen molar-refractivity contribution in [2.24, 2.45) is 11.1 Å². The van der Waals surface area contributed by atoms with E-state index in [1.165, 1.54) is 4.88 Å². The molecule has 0 amide bonds. The van der Waals surface area contributed by atoms with Gasteiger partial charge >= 0.3 is 0 Å². The van der Waals surface area contributed by atoms with Crippen molar-refractivity contribution < 1.29 is 5.21 Å². The summed E-state index contributed by atoms with van der Waals surface area (Å²) in [5.41, 5.74) is 0.702.